The third-order valence-electron chi connectivity index (χ3n) is 2.88. The zero-order valence-corrected chi connectivity index (χ0v) is 12.5. The minimum absolute atomic E-state index is 0.0984. The zero-order valence-electron chi connectivity index (χ0n) is 11.7. The number of hydrogen-bond acceptors (Lipinski definition) is 4. The summed E-state index contributed by atoms with van der Waals surface area (Å²) in [6.45, 7) is 1.96. The Morgan fingerprint density at radius 3 is 2.86 bits per heavy atom. The Bertz CT molecular complexity index is 658. The van der Waals surface area contributed by atoms with Crippen LogP contribution in [0.25, 0.3) is 5.69 Å². The fourth-order valence-electron chi connectivity index (χ4n) is 1.92. The molecule has 0 aliphatic heterocycles. The van der Waals surface area contributed by atoms with Crippen LogP contribution in [0.1, 0.15) is 12.6 Å². The van der Waals surface area contributed by atoms with Crippen molar-refractivity contribution < 1.29 is 19.0 Å². The molecule has 2 rings (SSSR count). The molecule has 0 aliphatic rings. The molecule has 112 valence electrons. The molecule has 0 unspecified atom stereocenters. The quantitative estimate of drug-likeness (QED) is 0.831. The van der Waals surface area contributed by atoms with Crippen LogP contribution in [0.2, 0.25) is 0 Å². The number of ether oxygens (including phenoxy) is 1. The van der Waals surface area contributed by atoms with Crippen molar-refractivity contribution in [2.45, 2.75) is 18.5 Å². The monoisotopic (exact) mass is 310 g/mol. The smallest absolute Gasteiger partial charge is 0.313 e. The first-order valence-corrected chi connectivity index (χ1v) is 7.30. The van der Waals surface area contributed by atoms with Gasteiger partial charge < -0.3 is 9.84 Å². The van der Waals surface area contributed by atoms with E-state index in [1.807, 2.05) is 6.92 Å². The Labute approximate surface area is 125 Å². The lowest BCUT2D eigenvalue weighted by molar-refractivity contribution is -0.133. The number of nitrogens with zero attached hydrogens (tertiary/aromatic N) is 2. The van der Waals surface area contributed by atoms with Crippen LogP contribution in [0, 0.1) is 5.82 Å². The largest absolute Gasteiger partial charge is 0.494 e. The van der Waals surface area contributed by atoms with Gasteiger partial charge in [-0.15, -0.1) is 0 Å². The number of thioether (sulfide) groups is 1. The minimum atomic E-state index is -0.923. The van der Waals surface area contributed by atoms with Gasteiger partial charge in [-0.05, 0) is 18.6 Å². The van der Waals surface area contributed by atoms with Crippen LogP contribution in [-0.4, -0.2) is 33.5 Å². The Kier molecular flexibility index (Phi) is 4.85. The van der Waals surface area contributed by atoms with E-state index in [9.17, 15) is 9.18 Å². The molecule has 7 heteroatoms. The van der Waals surface area contributed by atoms with E-state index in [1.165, 1.54) is 19.2 Å². The van der Waals surface area contributed by atoms with Gasteiger partial charge in [0.1, 0.15) is 0 Å². The average Bonchev–Trinajstić information content (AvgIpc) is 2.87. The molecule has 21 heavy (non-hydrogen) atoms. The van der Waals surface area contributed by atoms with Crippen LogP contribution in [0.3, 0.4) is 0 Å². The van der Waals surface area contributed by atoms with Gasteiger partial charge in [0, 0.05) is 18.0 Å². The van der Waals surface area contributed by atoms with E-state index < -0.39 is 11.8 Å². The molecule has 0 radical (unpaired) electrons. The highest BCUT2D eigenvalue weighted by atomic mass is 32.2. The Morgan fingerprint density at radius 1 is 1.52 bits per heavy atom. The first-order chi connectivity index (χ1) is 10.1. The molecule has 0 atom stereocenters. The summed E-state index contributed by atoms with van der Waals surface area (Å²) in [6, 6.07) is 4.60. The van der Waals surface area contributed by atoms with E-state index in [0.29, 0.717) is 17.3 Å². The lowest BCUT2D eigenvalue weighted by Gasteiger charge is -2.12. The van der Waals surface area contributed by atoms with Crippen molar-refractivity contribution in [3.05, 3.63) is 35.9 Å². The third-order valence-corrected chi connectivity index (χ3v) is 3.82. The molecule has 0 fully saturated rings. The number of aryl methyl sites for hydroxylation is 1. The Balaban J connectivity index is 2.43. The molecule has 0 aliphatic carbocycles. The second-order valence-electron chi connectivity index (χ2n) is 4.22. The summed E-state index contributed by atoms with van der Waals surface area (Å²) >= 11 is 1.10. The highest BCUT2D eigenvalue weighted by Gasteiger charge is 2.14. The number of aliphatic carboxylic acids is 1. The van der Waals surface area contributed by atoms with Gasteiger partial charge in [-0.2, -0.15) is 0 Å². The second kappa shape index (κ2) is 6.62. The number of rotatable bonds is 6. The molecule has 1 aromatic carbocycles. The molecular weight excluding hydrogens is 295 g/mol. The summed E-state index contributed by atoms with van der Waals surface area (Å²) in [7, 11) is 1.40. The van der Waals surface area contributed by atoms with Crippen LogP contribution in [0.4, 0.5) is 4.39 Å². The number of imidazole rings is 1. The fourth-order valence-corrected chi connectivity index (χ4v) is 2.65. The third kappa shape index (κ3) is 3.36. The predicted molar refractivity (Wildman–Crippen MR) is 77.8 cm³/mol. The molecule has 2 aromatic rings. The maximum Gasteiger partial charge on any atom is 0.313 e. The van der Waals surface area contributed by atoms with Gasteiger partial charge in [0.2, 0.25) is 0 Å². The van der Waals surface area contributed by atoms with Crippen molar-refractivity contribution in [3.63, 3.8) is 0 Å². The summed E-state index contributed by atoms with van der Waals surface area (Å²) in [5.41, 5.74) is 1.47. The van der Waals surface area contributed by atoms with Crippen molar-refractivity contribution in [2.24, 2.45) is 0 Å². The van der Waals surface area contributed by atoms with Crippen molar-refractivity contribution in [1.82, 2.24) is 9.55 Å². The lowest BCUT2D eigenvalue weighted by Crippen LogP contribution is -2.04. The summed E-state index contributed by atoms with van der Waals surface area (Å²) in [4.78, 5) is 14.9. The fraction of sp³-hybridized carbons (Fsp3) is 0.286. The molecule has 0 saturated carbocycles. The van der Waals surface area contributed by atoms with Crippen molar-refractivity contribution in [1.29, 1.82) is 0 Å². The van der Waals surface area contributed by atoms with Gasteiger partial charge in [-0.1, -0.05) is 18.7 Å². The van der Waals surface area contributed by atoms with Crippen LogP contribution < -0.4 is 4.74 Å². The van der Waals surface area contributed by atoms with E-state index in [2.05, 4.69) is 4.98 Å². The van der Waals surface area contributed by atoms with Gasteiger partial charge >= 0.3 is 5.97 Å². The van der Waals surface area contributed by atoms with Crippen LogP contribution in [-0.2, 0) is 11.2 Å². The molecule has 0 bridgehead atoms. The average molecular weight is 310 g/mol. The number of methoxy groups -OCH3 is 1. The number of carboxylic acids is 1. The maximum absolute atomic E-state index is 13.9. The number of aromatic nitrogens is 2. The summed E-state index contributed by atoms with van der Waals surface area (Å²) in [6.07, 6.45) is 2.38. The molecule has 0 spiro atoms. The number of carbonyl (C=O) groups is 1. The second-order valence-corrected chi connectivity index (χ2v) is 5.16. The summed E-state index contributed by atoms with van der Waals surface area (Å²) in [5, 5.41) is 9.30. The van der Waals surface area contributed by atoms with Gasteiger partial charge in [-0.3, -0.25) is 9.36 Å². The van der Waals surface area contributed by atoms with E-state index in [-0.39, 0.29) is 11.5 Å². The Morgan fingerprint density at radius 2 is 2.29 bits per heavy atom. The van der Waals surface area contributed by atoms with Crippen molar-refractivity contribution >= 4 is 17.7 Å². The van der Waals surface area contributed by atoms with E-state index in [4.69, 9.17) is 9.84 Å². The SMILES string of the molecule is CCc1cnc(SCC(=O)O)n1-c1ccc(OC)c(F)c1. The first kappa shape index (κ1) is 15.4. The zero-order chi connectivity index (χ0) is 15.4. The highest BCUT2D eigenvalue weighted by molar-refractivity contribution is 7.99. The van der Waals surface area contributed by atoms with Crippen molar-refractivity contribution in [3.8, 4) is 11.4 Å². The normalized spacial score (nSPS) is 10.6. The number of halogens is 1. The number of carboxylic acid groups (broad SMARTS) is 1. The topological polar surface area (TPSA) is 64.3 Å². The summed E-state index contributed by atoms with van der Waals surface area (Å²) < 4.78 is 20.5. The van der Waals surface area contributed by atoms with Crippen LogP contribution in [0.15, 0.2) is 29.6 Å². The molecule has 1 heterocycles. The standard InChI is InChI=1S/C14H15FN2O3S/c1-3-9-7-16-14(21-8-13(18)19)17(9)10-4-5-12(20-2)11(15)6-10/h4-7H,3,8H2,1-2H3,(H,18,19). The van der Waals surface area contributed by atoms with Crippen LogP contribution in [0.5, 0.6) is 5.75 Å². The van der Waals surface area contributed by atoms with Gasteiger partial charge in [-0.25, -0.2) is 9.37 Å². The van der Waals surface area contributed by atoms with Gasteiger partial charge in [0.15, 0.2) is 16.7 Å². The van der Waals surface area contributed by atoms with Crippen LogP contribution >= 0.6 is 11.8 Å². The molecule has 0 amide bonds. The molecule has 5 nitrogen and oxygen atoms in total. The number of benzene rings is 1. The number of hydrogen-bond donors (Lipinski definition) is 1. The van der Waals surface area contributed by atoms with Gasteiger partial charge in [0.25, 0.3) is 0 Å². The highest BCUT2D eigenvalue weighted by Crippen LogP contribution is 2.26. The molecule has 1 N–H and O–H groups in total. The van der Waals surface area contributed by atoms with E-state index >= 15 is 0 Å². The first-order valence-electron chi connectivity index (χ1n) is 6.32. The molecular formula is C14H15FN2O3S. The lowest BCUT2D eigenvalue weighted by atomic mass is 10.2. The van der Waals surface area contributed by atoms with E-state index in [1.54, 1.807) is 16.8 Å². The molecule has 1 aromatic heterocycles. The predicted octanol–water partition coefficient (Wildman–Crippen LogP) is 2.76. The maximum atomic E-state index is 13.9. The van der Waals surface area contributed by atoms with E-state index in [0.717, 1.165) is 17.5 Å². The van der Waals surface area contributed by atoms with Crippen molar-refractivity contribution in [2.75, 3.05) is 12.9 Å². The summed E-state index contributed by atoms with van der Waals surface area (Å²) in [5.74, 6) is -1.33. The Hall–Kier alpha value is -2.02. The molecule has 0 saturated heterocycles. The van der Waals surface area contributed by atoms with Gasteiger partial charge in [0.05, 0.1) is 18.6 Å². The minimum Gasteiger partial charge on any atom is -0.494 e.